The minimum absolute atomic E-state index is 0.150. The minimum atomic E-state index is -4.72. The van der Waals surface area contributed by atoms with Crippen molar-refractivity contribution in [3.63, 3.8) is 0 Å². The Balaban J connectivity index is 2.10. The molecular formula is C14H15F4N3O2. The summed E-state index contributed by atoms with van der Waals surface area (Å²) in [5.74, 6) is -1.57. The number of benzene rings is 1. The summed E-state index contributed by atoms with van der Waals surface area (Å²) in [6.07, 6.45) is -4.72. The summed E-state index contributed by atoms with van der Waals surface area (Å²) in [6.45, 7) is -0.257. The third-order valence-corrected chi connectivity index (χ3v) is 3.68. The predicted octanol–water partition coefficient (Wildman–Crippen LogP) is 1.83. The van der Waals surface area contributed by atoms with Gasteiger partial charge in [-0.05, 0) is 17.7 Å². The summed E-state index contributed by atoms with van der Waals surface area (Å²) in [6, 6.07) is 1.15. The molecule has 1 fully saturated rings. The number of hydrogen-bond acceptors (Lipinski definition) is 2. The SMILES string of the molecule is CN1C[C@@H](C(=O)NCc2ccc(F)cc2C(F)(F)F)N(C)C1=O. The van der Waals surface area contributed by atoms with E-state index in [1.807, 2.05) is 0 Å². The van der Waals surface area contributed by atoms with E-state index >= 15 is 0 Å². The second kappa shape index (κ2) is 6.05. The van der Waals surface area contributed by atoms with E-state index in [0.717, 1.165) is 12.1 Å². The fourth-order valence-electron chi connectivity index (χ4n) is 2.39. The summed E-state index contributed by atoms with van der Waals surface area (Å²) in [4.78, 5) is 26.2. The topological polar surface area (TPSA) is 52.7 Å². The minimum Gasteiger partial charge on any atom is -0.350 e. The van der Waals surface area contributed by atoms with E-state index in [-0.39, 0.29) is 18.1 Å². The molecule has 0 aromatic heterocycles. The highest BCUT2D eigenvalue weighted by molar-refractivity contribution is 5.90. The van der Waals surface area contributed by atoms with E-state index < -0.39 is 36.1 Å². The third kappa shape index (κ3) is 3.54. The highest BCUT2D eigenvalue weighted by Crippen LogP contribution is 2.32. The van der Waals surface area contributed by atoms with Crippen LogP contribution >= 0.6 is 0 Å². The van der Waals surface area contributed by atoms with Crippen LogP contribution in [0, 0.1) is 5.82 Å². The second-order valence-corrected chi connectivity index (χ2v) is 5.31. The first-order valence-corrected chi connectivity index (χ1v) is 6.72. The first-order chi connectivity index (χ1) is 10.6. The molecule has 2 rings (SSSR count). The van der Waals surface area contributed by atoms with Crippen LogP contribution in [0.1, 0.15) is 11.1 Å². The lowest BCUT2D eigenvalue weighted by molar-refractivity contribution is -0.138. The molecule has 23 heavy (non-hydrogen) atoms. The van der Waals surface area contributed by atoms with Crippen molar-refractivity contribution >= 4 is 11.9 Å². The van der Waals surface area contributed by atoms with Gasteiger partial charge in [-0.3, -0.25) is 4.79 Å². The van der Waals surface area contributed by atoms with E-state index in [9.17, 15) is 27.2 Å². The van der Waals surface area contributed by atoms with Crippen molar-refractivity contribution in [1.29, 1.82) is 0 Å². The zero-order valence-corrected chi connectivity index (χ0v) is 12.4. The van der Waals surface area contributed by atoms with Crippen molar-refractivity contribution in [2.45, 2.75) is 18.8 Å². The van der Waals surface area contributed by atoms with Crippen LogP contribution in [-0.2, 0) is 17.5 Å². The van der Waals surface area contributed by atoms with Gasteiger partial charge < -0.3 is 15.1 Å². The Hall–Kier alpha value is -2.32. The molecule has 0 saturated carbocycles. The molecular weight excluding hydrogens is 318 g/mol. The molecule has 5 nitrogen and oxygen atoms in total. The number of urea groups is 1. The highest BCUT2D eigenvalue weighted by Gasteiger charge is 2.37. The highest BCUT2D eigenvalue weighted by atomic mass is 19.4. The van der Waals surface area contributed by atoms with Crippen LogP contribution in [0.15, 0.2) is 18.2 Å². The van der Waals surface area contributed by atoms with Crippen LogP contribution in [0.2, 0.25) is 0 Å². The summed E-state index contributed by atoms with van der Waals surface area (Å²) >= 11 is 0. The molecule has 1 saturated heterocycles. The molecule has 9 heteroatoms. The summed E-state index contributed by atoms with van der Waals surface area (Å²) in [5, 5.41) is 2.36. The molecule has 1 aromatic carbocycles. The number of nitrogens with one attached hydrogen (secondary N) is 1. The largest absolute Gasteiger partial charge is 0.416 e. The van der Waals surface area contributed by atoms with Gasteiger partial charge in [0.15, 0.2) is 0 Å². The molecule has 3 amide bonds. The number of nitrogens with zero attached hydrogens (tertiary/aromatic N) is 2. The maximum Gasteiger partial charge on any atom is 0.416 e. The standard InChI is InChI=1S/C14H15F4N3O2/c1-20-7-11(21(2)13(20)23)12(22)19-6-8-3-4-9(15)5-10(8)14(16,17)18/h3-5,11H,6-7H2,1-2H3,(H,19,22)/t11-/m0/s1. The fourth-order valence-corrected chi connectivity index (χ4v) is 2.39. The molecule has 1 heterocycles. The van der Waals surface area contributed by atoms with E-state index in [4.69, 9.17) is 0 Å². The lowest BCUT2D eigenvalue weighted by atomic mass is 10.1. The zero-order valence-electron chi connectivity index (χ0n) is 12.4. The molecule has 1 N–H and O–H groups in total. The lowest BCUT2D eigenvalue weighted by Gasteiger charge is -2.18. The second-order valence-electron chi connectivity index (χ2n) is 5.31. The summed E-state index contributed by atoms with van der Waals surface area (Å²) in [7, 11) is 2.96. The number of amides is 3. The van der Waals surface area contributed by atoms with Crippen molar-refractivity contribution in [3.05, 3.63) is 35.1 Å². The molecule has 126 valence electrons. The van der Waals surface area contributed by atoms with Gasteiger partial charge in [-0.2, -0.15) is 13.2 Å². The fraction of sp³-hybridized carbons (Fsp3) is 0.429. The smallest absolute Gasteiger partial charge is 0.350 e. The maximum absolute atomic E-state index is 13.0. The molecule has 0 bridgehead atoms. The monoisotopic (exact) mass is 333 g/mol. The molecule has 0 unspecified atom stereocenters. The van der Waals surface area contributed by atoms with Crippen molar-refractivity contribution in [2.75, 3.05) is 20.6 Å². The van der Waals surface area contributed by atoms with Gasteiger partial charge in [-0.1, -0.05) is 6.07 Å². The van der Waals surface area contributed by atoms with Crippen LogP contribution in [0.5, 0.6) is 0 Å². The Morgan fingerprint density at radius 3 is 2.52 bits per heavy atom. The third-order valence-electron chi connectivity index (χ3n) is 3.68. The molecule has 1 aromatic rings. The van der Waals surface area contributed by atoms with Gasteiger partial charge in [0.05, 0.1) is 12.1 Å². The van der Waals surface area contributed by atoms with Crippen LogP contribution in [0.3, 0.4) is 0 Å². The van der Waals surface area contributed by atoms with E-state index in [0.29, 0.717) is 6.07 Å². The van der Waals surface area contributed by atoms with Gasteiger partial charge in [0.2, 0.25) is 5.91 Å². The van der Waals surface area contributed by atoms with Crippen LogP contribution in [0.4, 0.5) is 22.4 Å². The Bertz CT molecular complexity index is 633. The molecule has 1 aliphatic rings. The first kappa shape index (κ1) is 17.0. The van der Waals surface area contributed by atoms with Gasteiger partial charge in [0.1, 0.15) is 11.9 Å². The number of carbonyl (C=O) groups is 2. The molecule has 1 aliphatic heterocycles. The van der Waals surface area contributed by atoms with Crippen molar-refractivity contribution in [3.8, 4) is 0 Å². The van der Waals surface area contributed by atoms with Gasteiger partial charge >= 0.3 is 12.2 Å². The number of likely N-dealkylation sites (N-methyl/N-ethyl adjacent to an activating group) is 2. The molecule has 0 spiro atoms. The quantitative estimate of drug-likeness (QED) is 0.858. The average Bonchev–Trinajstić information content (AvgIpc) is 2.72. The van der Waals surface area contributed by atoms with Gasteiger partial charge in [0.25, 0.3) is 0 Å². The van der Waals surface area contributed by atoms with E-state index in [2.05, 4.69) is 5.32 Å². The molecule has 0 radical (unpaired) electrons. The Morgan fingerprint density at radius 1 is 1.35 bits per heavy atom. The first-order valence-electron chi connectivity index (χ1n) is 6.72. The Labute approximate surface area is 129 Å². The van der Waals surface area contributed by atoms with Crippen molar-refractivity contribution < 1.29 is 27.2 Å². The lowest BCUT2D eigenvalue weighted by Crippen LogP contribution is -2.43. The number of carbonyl (C=O) groups excluding carboxylic acids is 2. The number of hydrogen-bond donors (Lipinski definition) is 1. The van der Waals surface area contributed by atoms with Gasteiger partial charge in [-0.15, -0.1) is 0 Å². The van der Waals surface area contributed by atoms with Crippen LogP contribution in [-0.4, -0.2) is 48.4 Å². The normalized spacial score (nSPS) is 18.5. The predicted molar refractivity (Wildman–Crippen MR) is 72.8 cm³/mol. The van der Waals surface area contributed by atoms with Crippen LogP contribution in [0.25, 0.3) is 0 Å². The van der Waals surface area contributed by atoms with Gasteiger partial charge in [0, 0.05) is 20.6 Å². The van der Waals surface area contributed by atoms with Gasteiger partial charge in [-0.25, -0.2) is 9.18 Å². The molecule has 0 aliphatic carbocycles. The van der Waals surface area contributed by atoms with Crippen molar-refractivity contribution in [1.82, 2.24) is 15.1 Å². The van der Waals surface area contributed by atoms with E-state index in [1.165, 1.54) is 23.9 Å². The maximum atomic E-state index is 13.0. The number of halogens is 4. The summed E-state index contributed by atoms with van der Waals surface area (Å²) in [5.41, 5.74) is -1.38. The zero-order chi connectivity index (χ0) is 17.4. The van der Waals surface area contributed by atoms with Crippen LogP contribution < -0.4 is 5.32 Å². The summed E-state index contributed by atoms with van der Waals surface area (Å²) < 4.78 is 51.7. The van der Waals surface area contributed by atoms with Crippen molar-refractivity contribution in [2.24, 2.45) is 0 Å². The molecule has 1 atom stereocenters. The van der Waals surface area contributed by atoms with E-state index in [1.54, 1.807) is 0 Å². The Kier molecular flexibility index (Phi) is 4.49. The number of rotatable bonds is 3. The Morgan fingerprint density at radius 2 is 2.00 bits per heavy atom. The average molecular weight is 333 g/mol. The number of alkyl halides is 3.